The standard InChI is InChI=1S/C10H15N5O/c11-8-5-12-6-14-10(8)13-4-3-9(16)15-7-1-2-7/h5-7H,1-4,11H2,(H,15,16)(H,12,13,14). The van der Waals surface area contributed by atoms with Gasteiger partial charge in [-0.2, -0.15) is 0 Å². The molecule has 16 heavy (non-hydrogen) atoms. The van der Waals surface area contributed by atoms with E-state index in [0.717, 1.165) is 12.8 Å². The van der Waals surface area contributed by atoms with Gasteiger partial charge in [0.15, 0.2) is 5.82 Å². The van der Waals surface area contributed by atoms with Crippen LogP contribution in [0.25, 0.3) is 0 Å². The van der Waals surface area contributed by atoms with Gasteiger partial charge in [0.25, 0.3) is 0 Å². The predicted octanol–water partition coefficient (Wildman–Crippen LogP) is 0.139. The highest BCUT2D eigenvalue weighted by molar-refractivity contribution is 5.77. The van der Waals surface area contributed by atoms with E-state index in [1.165, 1.54) is 12.5 Å². The number of aromatic nitrogens is 2. The lowest BCUT2D eigenvalue weighted by Crippen LogP contribution is -2.27. The van der Waals surface area contributed by atoms with Crippen molar-refractivity contribution in [3.05, 3.63) is 12.5 Å². The van der Waals surface area contributed by atoms with Crippen molar-refractivity contribution < 1.29 is 4.79 Å². The minimum Gasteiger partial charge on any atom is -0.394 e. The van der Waals surface area contributed by atoms with Crippen molar-refractivity contribution in [2.45, 2.75) is 25.3 Å². The Labute approximate surface area is 93.7 Å². The van der Waals surface area contributed by atoms with Gasteiger partial charge in [0.1, 0.15) is 6.33 Å². The van der Waals surface area contributed by atoms with Gasteiger partial charge in [-0.1, -0.05) is 0 Å². The van der Waals surface area contributed by atoms with Gasteiger partial charge in [0.2, 0.25) is 5.91 Å². The van der Waals surface area contributed by atoms with Crippen molar-refractivity contribution in [1.29, 1.82) is 0 Å². The molecule has 0 aromatic carbocycles. The Morgan fingerprint density at radius 3 is 3.06 bits per heavy atom. The maximum Gasteiger partial charge on any atom is 0.221 e. The highest BCUT2D eigenvalue weighted by atomic mass is 16.1. The van der Waals surface area contributed by atoms with Crippen molar-refractivity contribution in [1.82, 2.24) is 15.3 Å². The van der Waals surface area contributed by atoms with Gasteiger partial charge in [-0.25, -0.2) is 9.97 Å². The van der Waals surface area contributed by atoms with Crippen LogP contribution in [0.1, 0.15) is 19.3 Å². The van der Waals surface area contributed by atoms with Crippen LogP contribution in [0.15, 0.2) is 12.5 Å². The molecule has 6 heteroatoms. The van der Waals surface area contributed by atoms with Crippen LogP contribution >= 0.6 is 0 Å². The molecule has 1 aromatic rings. The van der Waals surface area contributed by atoms with E-state index in [1.807, 2.05) is 0 Å². The molecular formula is C10H15N5O. The molecule has 4 N–H and O–H groups in total. The molecule has 1 amide bonds. The molecule has 1 fully saturated rings. The summed E-state index contributed by atoms with van der Waals surface area (Å²) in [7, 11) is 0. The van der Waals surface area contributed by atoms with Crippen molar-refractivity contribution in [3.63, 3.8) is 0 Å². The predicted molar refractivity (Wildman–Crippen MR) is 60.7 cm³/mol. The summed E-state index contributed by atoms with van der Waals surface area (Å²) < 4.78 is 0. The fourth-order valence-corrected chi connectivity index (χ4v) is 1.31. The van der Waals surface area contributed by atoms with Crippen LogP contribution in [0.4, 0.5) is 11.5 Å². The Morgan fingerprint density at radius 2 is 2.38 bits per heavy atom. The van der Waals surface area contributed by atoms with Crippen LogP contribution < -0.4 is 16.4 Å². The van der Waals surface area contributed by atoms with E-state index in [2.05, 4.69) is 20.6 Å². The normalized spacial score (nSPS) is 14.5. The van der Waals surface area contributed by atoms with E-state index >= 15 is 0 Å². The maximum atomic E-state index is 11.4. The molecule has 6 nitrogen and oxygen atoms in total. The number of hydrogen-bond donors (Lipinski definition) is 3. The molecule has 1 aliphatic carbocycles. The van der Waals surface area contributed by atoms with Crippen LogP contribution in [0.5, 0.6) is 0 Å². The number of rotatable bonds is 5. The van der Waals surface area contributed by atoms with Gasteiger partial charge in [-0.15, -0.1) is 0 Å². The summed E-state index contributed by atoms with van der Waals surface area (Å²) in [4.78, 5) is 19.1. The molecule has 0 unspecified atom stereocenters. The molecule has 2 rings (SSSR count). The molecule has 0 bridgehead atoms. The van der Waals surface area contributed by atoms with Crippen LogP contribution in [0.3, 0.4) is 0 Å². The van der Waals surface area contributed by atoms with Gasteiger partial charge in [-0.3, -0.25) is 4.79 Å². The molecule has 0 radical (unpaired) electrons. The maximum absolute atomic E-state index is 11.4. The quantitative estimate of drug-likeness (QED) is 0.657. The summed E-state index contributed by atoms with van der Waals surface area (Å²) in [5.41, 5.74) is 6.13. The first kappa shape index (κ1) is 10.7. The number of carbonyl (C=O) groups excluding carboxylic acids is 1. The highest BCUT2D eigenvalue weighted by Gasteiger charge is 2.22. The van der Waals surface area contributed by atoms with Gasteiger partial charge >= 0.3 is 0 Å². The minimum atomic E-state index is 0.0719. The fraction of sp³-hybridized carbons (Fsp3) is 0.500. The summed E-state index contributed by atoms with van der Waals surface area (Å²) in [5, 5.41) is 5.91. The van der Waals surface area contributed by atoms with Gasteiger partial charge in [-0.05, 0) is 12.8 Å². The third kappa shape index (κ3) is 3.08. The molecule has 1 aliphatic rings. The number of nitrogens with two attached hydrogens (primary N) is 1. The number of anilines is 2. The monoisotopic (exact) mass is 221 g/mol. The van der Waals surface area contributed by atoms with Gasteiger partial charge < -0.3 is 16.4 Å². The third-order valence-corrected chi connectivity index (χ3v) is 2.33. The summed E-state index contributed by atoms with van der Waals surface area (Å²) in [6.45, 7) is 0.528. The summed E-state index contributed by atoms with van der Waals surface area (Å²) in [6.07, 6.45) is 5.60. The Balaban J connectivity index is 1.70. The molecule has 0 spiro atoms. The molecular weight excluding hydrogens is 206 g/mol. The SMILES string of the molecule is Nc1cncnc1NCCC(=O)NC1CC1. The lowest BCUT2D eigenvalue weighted by molar-refractivity contribution is -0.120. The van der Waals surface area contributed by atoms with Gasteiger partial charge in [0, 0.05) is 19.0 Å². The first-order chi connectivity index (χ1) is 7.75. The van der Waals surface area contributed by atoms with E-state index in [1.54, 1.807) is 0 Å². The van der Waals surface area contributed by atoms with E-state index in [-0.39, 0.29) is 5.91 Å². The summed E-state index contributed by atoms with van der Waals surface area (Å²) in [5.74, 6) is 0.650. The van der Waals surface area contributed by atoms with Crippen LogP contribution in [0.2, 0.25) is 0 Å². The number of hydrogen-bond acceptors (Lipinski definition) is 5. The Kier molecular flexibility index (Phi) is 3.19. The average Bonchev–Trinajstić information content (AvgIpc) is 3.05. The topological polar surface area (TPSA) is 92.9 Å². The Morgan fingerprint density at radius 1 is 1.56 bits per heavy atom. The molecule has 1 aromatic heterocycles. The van der Waals surface area contributed by atoms with Crippen molar-refractivity contribution in [2.75, 3.05) is 17.6 Å². The first-order valence-electron chi connectivity index (χ1n) is 5.34. The average molecular weight is 221 g/mol. The smallest absolute Gasteiger partial charge is 0.221 e. The van der Waals surface area contributed by atoms with Gasteiger partial charge in [0.05, 0.1) is 11.9 Å². The Hall–Kier alpha value is -1.85. The second-order valence-corrected chi connectivity index (χ2v) is 3.85. The molecule has 1 heterocycles. The second kappa shape index (κ2) is 4.78. The zero-order valence-electron chi connectivity index (χ0n) is 8.94. The van der Waals surface area contributed by atoms with E-state index in [9.17, 15) is 4.79 Å². The molecule has 1 saturated carbocycles. The van der Waals surface area contributed by atoms with Crippen LogP contribution in [-0.4, -0.2) is 28.5 Å². The van der Waals surface area contributed by atoms with Crippen LogP contribution in [0, 0.1) is 0 Å². The number of nitrogens with zero attached hydrogens (tertiary/aromatic N) is 2. The highest BCUT2D eigenvalue weighted by Crippen LogP contribution is 2.18. The summed E-state index contributed by atoms with van der Waals surface area (Å²) in [6, 6.07) is 0.414. The zero-order valence-corrected chi connectivity index (χ0v) is 8.94. The van der Waals surface area contributed by atoms with E-state index in [4.69, 9.17) is 5.73 Å². The first-order valence-corrected chi connectivity index (χ1v) is 5.34. The molecule has 0 aliphatic heterocycles. The van der Waals surface area contributed by atoms with Crippen molar-refractivity contribution >= 4 is 17.4 Å². The summed E-state index contributed by atoms with van der Waals surface area (Å²) >= 11 is 0. The number of nitrogen functional groups attached to an aromatic ring is 1. The number of nitrogens with one attached hydrogen (secondary N) is 2. The van der Waals surface area contributed by atoms with Crippen molar-refractivity contribution in [2.24, 2.45) is 0 Å². The largest absolute Gasteiger partial charge is 0.394 e. The molecule has 0 atom stereocenters. The number of carbonyl (C=O) groups is 1. The fourth-order valence-electron chi connectivity index (χ4n) is 1.31. The van der Waals surface area contributed by atoms with E-state index < -0.39 is 0 Å². The lowest BCUT2D eigenvalue weighted by atomic mass is 10.3. The Bertz CT molecular complexity index is 377. The second-order valence-electron chi connectivity index (χ2n) is 3.85. The molecule has 0 saturated heterocycles. The third-order valence-electron chi connectivity index (χ3n) is 2.33. The van der Waals surface area contributed by atoms with Crippen molar-refractivity contribution in [3.8, 4) is 0 Å². The zero-order chi connectivity index (χ0) is 11.4. The van der Waals surface area contributed by atoms with Crippen LogP contribution in [-0.2, 0) is 4.79 Å². The van der Waals surface area contributed by atoms with E-state index in [0.29, 0.717) is 30.5 Å². The lowest BCUT2D eigenvalue weighted by Gasteiger charge is -2.07. The minimum absolute atomic E-state index is 0.0719. The molecule has 86 valence electrons. The number of amides is 1.